The number of hydrogen-bond donors (Lipinski definition) is 1. The van der Waals surface area contributed by atoms with Crippen molar-refractivity contribution in [3.63, 3.8) is 0 Å². The molecule has 0 spiro atoms. The molecule has 2 aromatic heterocycles. The Kier molecular flexibility index (Phi) is 6.57. The van der Waals surface area contributed by atoms with E-state index < -0.39 is 0 Å². The third-order valence-corrected chi connectivity index (χ3v) is 6.47. The van der Waals surface area contributed by atoms with Crippen LogP contribution in [-0.2, 0) is 12.2 Å². The average Bonchev–Trinajstić information content (AvgIpc) is 3.20. The van der Waals surface area contributed by atoms with Crippen LogP contribution in [0.15, 0.2) is 83.3 Å². The topological polar surface area (TPSA) is 54.9 Å². The van der Waals surface area contributed by atoms with Gasteiger partial charge in [-0.3, -0.25) is 9.78 Å². The number of pyridine rings is 1. The summed E-state index contributed by atoms with van der Waals surface area (Å²) in [6.45, 7) is 2.00. The maximum atomic E-state index is 12.9. The molecule has 4 nitrogen and oxygen atoms in total. The Balaban J connectivity index is 1.41. The minimum absolute atomic E-state index is 0.102. The van der Waals surface area contributed by atoms with Gasteiger partial charge in [0.15, 0.2) is 0 Å². The third-order valence-electron chi connectivity index (χ3n) is 4.54. The van der Waals surface area contributed by atoms with Gasteiger partial charge in [0, 0.05) is 34.1 Å². The molecule has 30 heavy (non-hydrogen) atoms. The molecular formula is C24H21N3OS2. The molecule has 0 aliphatic heterocycles. The van der Waals surface area contributed by atoms with Crippen molar-refractivity contribution < 1.29 is 4.79 Å². The van der Waals surface area contributed by atoms with Crippen molar-refractivity contribution in [2.45, 2.75) is 24.0 Å². The number of aromatic nitrogens is 2. The van der Waals surface area contributed by atoms with E-state index in [1.165, 1.54) is 11.1 Å². The lowest BCUT2D eigenvalue weighted by molar-refractivity contribution is 0.102. The zero-order valence-corrected chi connectivity index (χ0v) is 18.2. The Hall–Kier alpha value is -2.96. The first-order chi connectivity index (χ1) is 14.7. The van der Waals surface area contributed by atoms with E-state index >= 15 is 0 Å². The lowest BCUT2D eigenvalue weighted by Crippen LogP contribution is -2.13. The fourth-order valence-corrected chi connectivity index (χ4v) is 4.71. The van der Waals surface area contributed by atoms with Crippen LogP contribution in [0.1, 0.15) is 32.2 Å². The SMILES string of the molecule is Cc1nc(CSc2ccccc2C(=O)Nc2ccc(Cc3ccncc3)cc2)cs1. The monoisotopic (exact) mass is 431 g/mol. The third kappa shape index (κ3) is 5.34. The Labute approximate surface area is 184 Å². The van der Waals surface area contributed by atoms with Crippen LogP contribution >= 0.6 is 23.1 Å². The van der Waals surface area contributed by atoms with Crippen LogP contribution < -0.4 is 5.32 Å². The van der Waals surface area contributed by atoms with E-state index in [0.29, 0.717) is 5.56 Å². The number of carbonyl (C=O) groups excluding carboxylic acids is 1. The van der Waals surface area contributed by atoms with Gasteiger partial charge in [-0.25, -0.2) is 4.98 Å². The highest BCUT2D eigenvalue weighted by Gasteiger charge is 2.12. The summed E-state index contributed by atoms with van der Waals surface area (Å²) in [6.07, 6.45) is 4.44. The van der Waals surface area contributed by atoms with Crippen LogP contribution in [0.3, 0.4) is 0 Å². The lowest BCUT2D eigenvalue weighted by Gasteiger charge is -2.10. The van der Waals surface area contributed by atoms with Crippen molar-refractivity contribution in [1.82, 2.24) is 9.97 Å². The minimum Gasteiger partial charge on any atom is -0.322 e. The molecule has 0 bridgehead atoms. The number of benzene rings is 2. The second-order valence-electron chi connectivity index (χ2n) is 6.83. The van der Waals surface area contributed by atoms with Crippen molar-refractivity contribution in [2.24, 2.45) is 0 Å². The highest BCUT2D eigenvalue weighted by molar-refractivity contribution is 7.98. The number of nitrogens with one attached hydrogen (secondary N) is 1. The van der Waals surface area contributed by atoms with Crippen LogP contribution in [0.4, 0.5) is 5.69 Å². The van der Waals surface area contributed by atoms with E-state index in [1.54, 1.807) is 35.5 Å². The number of nitrogens with zero attached hydrogens (tertiary/aromatic N) is 2. The zero-order valence-electron chi connectivity index (χ0n) is 16.5. The first-order valence-electron chi connectivity index (χ1n) is 9.59. The first-order valence-corrected chi connectivity index (χ1v) is 11.5. The molecule has 0 radical (unpaired) electrons. The van der Waals surface area contributed by atoms with E-state index in [2.05, 4.69) is 20.7 Å². The van der Waals surface area contributed by atoms with Gasteiger partial charge < -0.3 is 5.32 Å². The van der Waals surface area contributed by atoms with Gasteiger partial charge in [0.25, 0.3) is 5.91 Å². The van der Waals surface area contributed by atoms with Gasteiger partial charge in [0.1, 0.15) is 0 Å². The van der Waals surface area contributed by atoms with Crippen molar-refractivity contribution in [2.75, 3.05) is 5.32 Å². The summed E-state index contributed by atoms with van der Waals surface area (Å²) >= 11 is 3.28. The van der Waals surface area contributed by atoms with Crippen LogP contribution in [0, 0.1) is 6.92 Å². The van der Waals surface area contributed by atoms with Crippen LogP contribution in [0.2, 0.25) is 0 Å². The normalized spacial score (nSPS) is 10.7. The van der Waals surface area contributed by atoms with E-state index in [-0.39, 0.29) is 5.91 Å². The smallest absolute Gasteiger partial charge is 0.256 e. The number of anilines is 1. The number of carbonyl (C=O) groups is 1. The van der Waals surface area contributed by atoms with Gasteiger partial charge in [-0.2, -0.15) is 0 Å². The molecule has 150 valence electrons. The predicted molar refractivity (Wildman–Crippen MR) is 124 cm³/mol. The summed E-state index contributed by atoms with van der Waals surface area (Å²) in [6, 6.07) is 19.7. The number of thiazole rings is 1. The molecule has 0 saturated carbocycles. The lowest BCUT2D eigenvalue weighted by atomic mass is 10.1. The van der Waals surface area contributed by atoms with Crippen molar-refractivity contribution in [3.8, 4) is 0 Å². The van der Waals surface area contributed by atoms with Gasteiger partial charge in [-0.1, -0.05) is 24.3 Å². The Morgan fingerprint density at radius 1 is 1.00 bits per heavy atom. The molecule has 2 aromatic carbocycles. The molecule has 4 rings (SSSR count). The summed E-state index contributed by atoms with van der Waals surface area (Å²) < 4.78 is 0. The second-order valence-corrected chi connectivity index (χ2v) is 8.91. The van der Waals surface area contributed by atoms with Gasteiger partial charge in [0.2, 0.25) is 0 Å². The molecule has 0 aliphatic carbocycles. The van der Waals surface area contributed by atoms with Gasteiger partial charge in [-0.15, -0.1) is 23.1 Å². The molecule has 1 amide bonds. The summed E-state index contributed by atoms with van der Waals surface area (Å²) in [7, 11) is 0. The molecule has 2 heterocycles. The number of hydrogen-bond acceptors (Lipinski definition) is 5. The van der Waals surface area contributed by atoms with Gasteiger partial charge in [-0.05, 0) is 60.9 Å². The molecule has 4 aromatic rings. The molecule has 0 unspecified atom stereocenters. The molecule has 1 N–H and O–H groups in total. The highest BCUT2D eigenvalue weighted by Crippen LogP contribution is 2.27. The van der Waals surface area contributed by atoms with Crippen LogP contribution in [0.5, 0.6) is 0 Å². The number of rotatable bonds is 7. The maximum absolute atomic E-state index is 12.9. The zero-order chi connectivity index (χ0) is 20.8. The summed E-state index contributed by atoms with van der Waals surface area (Å²) in [4.78, 5) is 22.4. The standard InChI is InChI=1S/C24H21N3OS2/c1-17-26-21(15-29-17)16-30-23-5-3-2-4-22(23)24(28)27-20-8-6-18(7-9-20)14-19-10-12-25-13-11-19/h2-13,15H,14,16H2,1H3,(H,27,28). The average molecular weight is 432 g/mol. The predicted octanol–water partition coefficient (Wildman–Crippen LogP) is 5.98. The Morgan fingerprint density at radius 3 is 2.47 bits per heavy atom. The van der Waals surface area contributed by atoms with E-state index in [4.69, 9.17) is 0 Å². The Bertz CT molecular complexity index is 1120. The highest BCUT2D eigenvalue weighted by atomic mass is 32.2. The fraction of sp³-hybridized carbons (Fsp3) is 0.125. The summed E-state index contributed by atoms with van der Waals surface area (Å²) in [5.41, 5.74) is 4.91. The quantitative estimate of drug-likeness (QED) is 0.366. The molecule has 0 aliphatic rings. The number of amides is 1. The van der Waals surface area contributed by atoms with Gasteiger partial charge in [0.05, 0.1) is 16.3 Å². The maximum Gasteiger partial charge on any atom is 0.256 e. The summed E-state index contributed by atoms with van der Waals surface area (Å²) in [5.74, 6) is 0.646. The van der Waals surface area contributed by atoms with E-state index in [1.807, 2.05) is 67.6 Å². The second kappa shape index (κ2) is 9.69. The van der Waals surface area contributed by atoms with E-state index in [9.17, 15) is 4.79 Å². The van der Waals surface area contributed by atoms with Crippen LogP contribution in [0.25, 0.3) is 0 Å². The summed E-state index contributed by atoms with van der Waals surface area (Å²) in [5, 5.41) is 6.14. The molecule has 6 heteroatoms. The largest absolute Gasteiger partial charge is 0.322 e. The van der Waals surface area contributed by atoms with Gasteiger partial charge >= 0.3 is 0 Å². The molecule has 0 fully saturated rings. The molecule has 0 saturated heterocycles. The Morgan fingerprint density at radius 2 is 1.73 bits per heavy atom. The fourth-order valence-electron chi connectivity index (χ4n) is 3.05. The van der Waals surface area contributed by atoms with Crippen molar-refractivity contribution in [1.29, 1.82) is 0 Å². The van der Waals surface area contributed by atoms with Crippen LogP contribution in [-0.4, -0.2) is 15.9 Å². The number of aryl methyl sites for hydroxylation is 1. The number of thioether (sulfide) groups is 1. The molecule has 0 atom stereocenters. The van der Waals surface area contributed by atoms with Crippen molar-refractivity contribution in [3.05, 3.63) is 106 Å². The first kappa shape index (κ1) is 20.3. The molecular weight excluding hydrogens is 410 g/mol. The van der Waals surface area contributed by atoms with E-state index in [0.717, 1.165) is 33.5 Å². The van der Waals surface area contributed by atoms with Crippen molar-refractivity contribution >= 4 is 34.7 Å². The minimum atomic E-state index is -0.102.